The minimum atomic E-state index is -0.125. The van der Waals surface area contributed by atoms with Crippen molar-refractivity contribution in [2.75, 3.05) is 10.6 Å². The summed E-state index contributed by atoms with van der Waals surface area (Å²) in [5.74, 6) is -0.218. The third-order valence-electron chi connectivity index (χ3n) is 2.59. The molecule has 98 valence electrons. The summed E-state index contributed by atoms with van der Waals surface area (Å²) in [6, 6.07) is 5.55. The Bertz CT molecular complexity index is 453. The molecular weight excluding hydrogens is 228 g/mol. The van der Waals surface area contributed by atoms with Crippen molar-refractivity contribution >= 4 is 23.2 Å². The molecule has 0 aliphatic rings. The highest BCUT2D eigenvalue weighted by atomic mass is 16.2. The molecule has 1 aromatic rings. The molecule has 0 heterocycles. The summed E-state index contributed by atoms with van der Waals surface area (Å²) in [5.41, 5.74) is 2.51. The number of benzene rings is 1. The van der Waals surface area contributed by atoms with Crippen LogP contribution in [0, 0.1) is 5.92 Å². The van der Waals surface area contributed by atoms with Gasteiger partial charge in [0.05, 0.1) is 0 Å². The van der Waals surface area contributed by atoms with Gasteiger partial charge in [0.25, 0.3) is 0 Å². The van der Waals surface area contributed by atoms with Crippen LogP contribution in [0.25, 0.3) is 0 Å². The lowest BCUT2D eigenvalue weighted by Crippen LogP contribution is -2.19. The number of anilines is 2. The van der Waals surface area contributed by atoms with Crippen molar-refractivity contribution in [2.24, 2.45) is 5.92 Å². The Morgan fingerprint density at radius 2 is 1.89 bits per heavy atom. The van der Waals surface area contributed by atoms with E-state index in [-0.39, 0.29) is 17.7 Å². The standard InChI is InChI=1S/C14H20N2O2/c1-5-11-6-7-12(15-10(4)17)8-13(11)16-14(18)9(2)3/h6-9H,5H2,1-4H3,(H,15,17)(H,16,18). The van der Waals surface area contributed by atoms with Gasteiger partial charge in [0, 0.05) is 24.2 Å². The topological polar surface area (TPSA) is 58.2 Å². The van der Waals surface area contributed by atoms with E-state index in [2.05, 4.69) is 10.6 Å². The zero-order chi connectivity index (χ0) is 13.7. The maximum Gasteiger partial charge on any atom is 0.226 e. The normalized spacial score (nSPS) is 10.3. The fraction of sp³-hybridized carbons (Fsp3) is 0.429. The fourth-order valence-corrected chi connectivity index (χ4v) is 1.56. The van der Waals surface area contributed by atoms with Gasteiger partial charge in [-0.05, 0) is 24.1 Å². The number of aryl methyl sites for hydroxylation is 1. The number of carbonyl (C=O) groups excluding carboxylic acids is 2. The lowest BCUT2D eigenvalue weighted by molar-refractivity contribution is -0.119. The second-order valence-electron chi connectivity index (χ2n) is 4.55. The molecule has 1 aromatic carbocycles. The molecule has 0 bridgehead atoms. The highest BCUT2D eigenvalue weighted by molar-refractivity contribution is 5.95. The molecule has 0 aliphatic carbocycles. The average molecular weight is 248 g/mol. The van der Waals surface area contributed by atoms with E-state index in [4.69, 9.17) is 0 Å². The zero-order valence-electron chi connectivity index (χ0n) is 11.3. The molecule has 0 aromatic heterocycles. The number of hydrogen-bond acceptors (Lipinski definition) is 2. The molecular formula is C14H20N2O2. The highest BCUT2D eigenvalue weighted by Gasteiger charge is 2.10. The summed E-state index contributed by atoms with van der Waals surface area (Å²) in [4.78, 5) is 22.7. The quantitative estimate of drug-likeness (QED) is 0.860. The van der Waals surface area contributed by atoms with Gasteiger partial charge in [0.1, 0.15) is 0 Å². The van der Waals surface area contributed by atoms with Gasteiger partial charge in [-0.3, -0.25) is 9.59 Å². The average Bonchev–Trinajstić information content (AvgIpc) is 2.28. The minimum Gasteiger partial charge on any atom is -0.326 e. The van der Waals surface area contributed by atoms with Gasteiger partial charge in [0.2, 0.25) is 11.8 Å². The van der Waals surface area contributed by atoms with Crippen LogP contribution in [0.4, 0.5) is 11.4 Å². The second kappa shape index (κ2) is 6.19. The van der Waals surface area contributed by atoms with E-state index in [0.29, 0.717) is 5.69 Å². The van der Waals surface area contributed by atoms with Crippen LogP contribution in [0.15, 0.2) is 18.2 Å². The third-order valence-corrected chi connectivity index (χ3v) is 2.59. The smallest absolute Gasteiger partial charge is 0.226 e. The zero-order valence-corrected chi connectivity index (χ0v) is 11.3. The lowest BCUT2D eigenvalue weighted by atomic mass is 10.1. The Morgan fingerprint density at radius 1 is 1.22 bits per heavy atom. The van der Waals surface area contributed by atoms with Crippen LogP contribution < -0.4 is 10.6 Å². The maximum atomic E-state index is 11.7. The highest BCUT2D eigenvalue weighted by Crippen LogP contribution is 2.22. The van der Waals surface area contributed by atoms with Crippen LogP contribution in [0.3, 0.4) is 0 Å². The van der Waals surface area contributed by atoms with Crippen molar-refractivity contribution in [3.8, 4) is 0 Å². The molecule has 2 N–H and O–H groups in total. The van der Waals surface area contributed by atoms with Gasteiger partial charge in [0.15, 0.2) is 0 Å². The number of hydrogen-bond donors (Lipinski definition) is 2. The largest absolute Gasteiger partial charge is 0.326 e. The molecule has 1 rings (SSSR count). The molecule has 0 saturated heterocycles. The molecule has 18 heavy (non-hydrogen) atoms. The summed E-state index contributed by atoms with van der Waals surface area (Å²) in [6.45, 7) is 7.18. The summed E-state index contributed by atoms with van der Waals surface area (Å²) < 4.78 is 0. The fourth-order valence-electron chi connectivity index (χ4n) is 1.56. The first-order chi connectivity index (χ1) is 8.43. The van der Waals surface area contributed by atoms with Crippen LogP contribution in [-0.2, 0) is 16.0 Å². The molecule has 4 heteroatoms. The first kappa shape index (κ1) is 14.2. The predicted molar refractivity (Wildman–Crippen MR) is 73.6 cm³/mol. The summed E-state index contributed by atoms with van der Waals surface area (Å²) in [7, 11) is 0. The first-order valence-corrected chi connectivity index (χ1v) is 6.15. The summed E-state index contributed by atoms with van der Waals surface area (Å²) in [6.07, 6.45) is 0.827. The van der Waals surface area contributed by atoms with E-state index >= 15 is 0 Å². The first-order valence-electron chi connectivity index (χ1n) is 6.15. The number of nitrogens with one attached hydrogen (secondary N) is 2. The van der Waals surface area contributed by atoms with Gasteiger partial charge in [-0.2, -0.15) is 0 Å². The van der Waals surface area contributed by atoms with E-state index in [0.717, 1.165) is 17.7 Å². The number of rotatable bonds is 4. The minimum absolute atomic E-state index is 0.0234. The molecule has 0 atom stereocenters. The van der Waals surface area contributed by atoms with Gasteiger partial charge < -0.3 is 10.6 Å². The third kappa shape index (κ3) is 3.87. The second-order valence-corrected chi connectivity index (χ2v) is 4.55. The van der Waals surface area contributed by atoms with Gasteiger partial charge in [-0.25, -0.2) is 0 Å². The molecule has 0 radical (unpaired) electrons. The van der Waals surface area contributed by atoms with Crippen LogP contribution in [0.1, 0.15) is 33.3 Å². The predicted octanol–water partition coefficient (Wildman–Crippen LogP) is 2.80. The Labute approximate surface area is 108 Å². The van der Waals surface area contributed by atoms with E-state index in [1.165, 1.54) is 6.92 Å². The van der Waals surface area contributed by atoms with Crippen molar-refractivity contribution in [3.05, 3.63) is 23.8 Å². The van der Waals surface area contributed by atoms with Crippen LogP contribution >= 0.6 is 0 Å². The van der Waals surface area contributed by atoms with Crippen molar-refractivity contribution in [2.45, 2.75) is 34.1 Å². The Kier molecular flexibility index (Phi) is 4.89. The van der Waals surface area contributed by atoms with Crippen LogP contribution in [0.5, 0.6) is 0 Å². The SMILES string of the molecule is CCc1ccc(NC(C)=O)cc1NC(=O)C(C)C. The molecule has 0 unspecified atom stereocenters. The van der Waals surface area contributed by atoms with Crippen LogP contribution in [-0.4, -0.2) is 11.8 Å². The van der Waals surface area contributed by atoms with Crippen molar-refractivity contribution in [1.29, 1.82) is 0 Å². The molecule has 0 saturated carbocycles. The van der Waals surface area contributed by atoms with Crippen LogP contribution in [0.2, 0.25) is 0 Å². The van der Waals surface area contributed by atoms with Gasteiger partial charge in [-0.15, -0.1) is 0 Å². The van der Waals surface area contributed by atoms with Crippen molar-refractivity contribution in [3.63, 3.8) is 0 Å². The lowest BCUT2D eigenvalue weighted by Gasteiger charge is -2.13. The van der Waals surface area contributed by atoms with E-state index in [9.17, 15) is 9.59 Å². The molecule has 4 nitrogen and oxygen atoms in total. The van der Waals surface area contributed by atoms with E-state index in [1.807, 2.05) is 32.9 Å². The van der Waals surface area contributed by atoms with Gasteiger partial charge >= 0.3 is 0 Å². The Hall–Kier alpha value is -1.84. The molecule has 2 amide bonds. The summed E-state index contributed by atoms with van der Waals surface area (Å²) in [5, 5.41) is 5.59. The maximum absolute atomic E-state index is 11.7. The molecule has 0 fully saturated rings. The van der Waals surface area contributed by atoms with Crippen molar-refractivity contribution < 1.29 is 9.59 Å². The molecule has 0 aliphatic heterocycles. The summed E-state index contributed by atoms with van der Waals surface area (Å²) >= 11 is 0. The number of amides is 2. The van der Waals surface area contributed by atoms with Gasteiger partial charge in [-0.1, -0.05) is 26.8 Å². The monoisotopic (exact) mass is 248 g/mol. The number of carbonyl (C=O) groups is 2. The van der Waals surface area contributed by atoms with E-state index in [1.54, 1.807) is 6.07 Å². The van der Waals surface area contributed by atoms with Crippen molar-refractivity contribution in [1.82, 2.24) is 0 Å². The Morgan fingerprint density at radius 3 is 2.39 bits per heavy atom. The molecule has 0 spiro atoms. The van der Waals surface area contributed by atoms with E-state index < -0.39 is 0 Å². The Balaban J connectivity index is 2.98.